The smallest absolute Gasteiger partial charge is 0.339 e. The Kier molecular flexibility index (Phi) is 5.56. The highest BCUT2D eigenvalue weighted by Gasteiger charge is 2.09. The van der Waals surface area contributed by atoms with E-state index in [-0.39, 0.29) is 5.97 Å². The van der Waals surface area contributed by atoms with E-state index >= 15 is 0 Å². The molecule has 0 aliphatic carbocycles. The Morgan fingerprint density at radius 2 is 1.89 bits per heavy atom. The standard InChI is InChI=1S/C16H17NO2/c1-4-14(8-5-12(2)3)16(18)19-15-9-6-13(11-17)7-10-15/h5-10H,4H2,1-3H3/b14-8+. The van der Waals surface area contributed by atoms with Crippen LogP contribution in [-0.4, -0.2) is 5.97 Å². The fraction of sp³-hybridized carbons (Fsp3) is 0.250. The van der Waals surface area contributed by atoms with Crippen molar-refractivity contribution >= 4 is 5.97 Å². The predicted molar refractivity (Wildman–Crippen MR) is 74.6 cm³/mol. The van der Waals surface area contributed by atoms with Gasteiger partial charge in [-0.2, -0.15) is 5.26 Å². The summed E-state index contributed by atoms with van der Waals surface area (Å²) in [7, 11) is 0. The van der Waals surface area contributed by atoms with Crippen LogP contribution >= 0.6 is 0 Å². The maximum Gasteiger partial charge on any atom is 0.339 e. The zero-order valence-corrected chi connectivity index (χ0v) is 11.4. The third-order valence-electron chi connectivity index (χ3n) is 2.45. The molecule has 1 aromatic carbocycles. The molecule has 3 nitrogen and oxygen atoms in total. The number of rotatable bonds is 4. The van der Waals surface area contributed by atoms with E-state index in [0.717, 1.165) is 5.57 Å². The molecular weight excluding hydrogens is 238 g/mol. The molecule has 0 N–H and O–H groups in total. The maximum absolute atomic E-state index is 11.9. The van der Waals surface area contributed by atoms with Gasteiger partial charge in [-0.3, -0.25) is 0 Å². The van der Waals surface area contributed by atoms with Crippen molar-refractivity contribution in [2.45, 2.75) is 27.2 Å². The first-order valence-corrected chi connectivity index (χ1v) is 6.13. The molecule has 0 unspecified atom stereocenters. The summed E-state index contributed by atoms with van der Waals surface area (Å²) in [5.74, 6) is 0.0882. The van der Waals surface area contributed by atoms with Gasteiger partial charge in [0.05, 0.1) is 11.6 Å². The first-order chi connectivity index (χ1) is 9.06. The molecule has 0 saturated heterocycles. The van der Waals surface area contributed by atoms with Crippen LogP contribution in [0.1, 0.15) is 32.8 Å². The van der Waals surface area contributed by atoms with Crippen LogP contribution < -0.4 is 4.74 Å². The lowest BCUT2D eigenvalue weighted by molar-refractivity contribution is -0.130. The Hall–Kier alpha value is -2.34. The van der Waals surface area contributed by atoms with Crippen molar-refractivity contribution in [3.05, 3.63) is 53.1 Å². The van der Waals surface area contributed by atoms with Crippen molar-refractivity contribution in [2.24, 2.45) is 0 Å². The number of carbonyl (C=O) groups excluding carboxylic acids is 1. The summed E-state index contributed by atoms with van der Waals surface area (Å²) in [5.41, 5.74) is 2.28. The molecule has 0 atom stereocenters. The number of hydrogen-bond acceptors (Lipinski definition) is 3. The van der Waals surface area contributed by atoms with Gasteiger partial charge in [-0.25, -0.2) is 4.79 Å². The topological polar surface area (TPSA) is 50.1 Å². The molecule has 0 aromatic heterocycles. The van der Waals surface area contributed by atoms with Crippen molar-refractivity contribution in [3.63, 3.8) is 0 Å². The van der Waals surface area contributed by atoms with Gasteiger partial charge in [0.1, 0.15) is 5.75 Å². The van der Waals surface area contributed by atoms with Crippen LogP contribution in [0.5, 0.6) is 5.75 Å². The highest BCUT2D eigenvalue weighted by atomic mass is 16.5. The number of nitrogens with zero attached hydrogens (tertiary/aromatic N) is 1. The fourth-order valence-electron chi connectivity index (χ4n) is 1.37. The number of benzene rings is 1. The SMILES string of the molecule is CC/C(=C\C=C(C)C)C(=O)Oc1ccc(C#N)cc1. The Morgan fingerprint density at radius 3 is 2.37 bits per heavy atom. The van der Waals surface area contributed by atoms with E-state index in [2.05, 4.69) is 0 Å². The van der Waals surface area contributed by atoms with Gasteiger partial charge in [0.25, 0.3) is 0 Å². The predicted octanol–water partition coefficient (Wildman–Crippen LogP) is 3.77. The maximum atomic E-state index is 11.9. The lowest BCUT2D eigenvalue weighted by Crippen LogP contribution is -2.10. The molecule has 98 valence electrons. The highest BCUT2D eigenvalue weighted by Crippen LogP contribution is 2.14. The molecule has 1 aromatic rings. The van der Waals surface area contributed by atoms with Crippen molar-refractivity contribution in [3.8, 4) is 11.8 Å². The molecule has 0 aliphatic heterocycles. The second-order valence-electron chi connectivity index (χ2n) is 4.32. The summed E-state index contributed by atoms with van der Waals surface area (Å²) in [5, 5.41) is 8.69. The van der Waals surface area contributed by atoms with E-state index in [1.165, 1.54) is 0 Å². The fourth-order valence-corrected chi connectivity index (χ4v) is 1.37. The van der Waals surface area contributed by atoms with Crippen LogP contribution in [0.15, 0.2) is 47.6 Å². The molecular formula is C16H17NO2. The minimum Gasteiger partial charge on any atom is -0.423 e. The molecule has 0 spiro atoms. The summed E-state index contributed by atoms with van der Waals surface area (Å²) < 4.78 is 5.25. The Morgan fingerprint density at radius 1 is 1.26 bits per heavy atom. The molecule has 19 heavy (non-hydrogen) atoms. The van der Waals surface area contributed by atoms with E-state index in [9.17, 15) is 4.79 Å². The second-order valence-corrected chi connectivity index (χ2v) is 4.32. The molecule has 0 radical (unpaired) electrons. The summed E-state index contributed by atoms with van der Waals surface area (Å²) in [6, 6.07) is 8.48. The first kappa shape index (κ1) is 14.7. The molecule has 0 heterocycles. The average molecular weight is 255 g/mol. The summed E-state index contributed by atoms with van der Waals surface area (Å²) >= 11 is 0. The van der Waals surface area contributed by atoms with E-state index in [4.69, 9.17) is 10.00 Å². The van der Waals surface area contributed by atoms with Crippen molar-refractivity contribution in [1.29, 1.82) is 5.26 Å². The van der Waals surface area contributed by atoms with Crippen LogP contribution in [0.3, 0.4) is 0 Å². The van der Waals surface area contributed by atoms with Crippen molar-refractivity contribution < 1.29 is 9.53 Å². The van der Waals surface area contributed by atoms with Crippen molar-refractivity contribution in [1.82, 2.24) is 0 Å². The third-order valence-corrected chi connectivity index (χ3v) is 2.45. The van der Waals surface area contributed by atoms with Gasteiger partial charge in [0.15, 0.2) is 0 Å². The molecule has 0 saturated carbocycles. The lowest BCUT2D eigenvalue weighted by atomic mass is 10.1. The zero-order chi connectivity index (χ0) is 14.3. The molecule has 0 fully saturated rings. The van der Waals surface area contributed by atoms with E-state index in [1.54, 1.807) is 30.3 Å². The Balaban J connectivity index is 2.80. The molecule has 0 bridgehead atoms. The van der Waals surface area contributed by atoms with Gasteiger partial charge in [-0.15, -0.1) is 0 Å². The second kappa shape index (κ2) is 7.17. The average Bonchev–Trinajstić information content (AvgIpc) is 2.40. The number of hydrogen-bond donors (Lipinski definition) is 0. The van der Waals surface area contributed by atoms with E-state index in [0.29, 0.717) is 23.3 Å². The normalized spacial score (nSPS) is 10.5. The molecule has 1 rings (SSSR count). The number of esters is 1. The van der Waals surface area contributed by atoms with Crippen LogP contribution in [0.2, 0.25) is 0 Å². The third kappa shape index (κ3) is 4.81. The van der Waals surface area contributed by atoms with Gasteiger partial charge < -0.3 is 4.74 Å². The minimum atomic E-state index is -0.357. The van der Waals surface area contributed by atoms with Gasteiger partial charge >= 0.3 is 5.97 Å². The summed E-state index contributed by atoms with van der Waals surface area (Å²) in [6.07, 6.45) is 4.28. The largest absolute Gasteiger partial charge is 0.423 e. The van der Waals surface area contributed by atoms with Crippen LogP contribution in [0.25, 0.3) is 0 Å². The number of ether oxygens (including phenoxy) is 1. The van der Waals surface area contributed by atoms with Crippen LogP contribution in [0, 0.1) is 11.3 Å². The zero-order valence-electron chi connectivity index (χ0n) is 11.4. The van der Waals surface area contributed by atoms with E-state index in [1.807, 2.05) is 32.9 Å². The van der Waals surface area contributed by atoms with Gasteiger partial charge in [0.2, 0.25) is 0 Å². The minimum absolute atomic E-state index is 0.357. The first-order valence-electron chi connectivity index (χ1n) is 6.13. The Labute approximate surface area is 113 Å². The summed E-state index contributed by atoms with van der Waals surface area (Å²) in [4.78, 5) is 11.9. The van der Waals surface area contributed by atoms with Crippen molar-refractivity contribution in [2.75, 3.05) is 0 Å². The molecule has 3 heteroatoms. The number of nitriles is 1. The summed E-state index contributed by atoms with van der Waals surface area (Å²) in [6.45, 7) is 5.84. The molecule has 0 amide bonds. The number of allylic oxidation sites excluding steroid dienone is 3. The van der Waals surface area contributed by atoms with Gasteiger partial charge in [0, 0.05) is 5.57 Å². The van der Waals surface area contributed by atoms with Gasteiger partial charge in [-0.1, -0.05) is 24.6 Å². The lowest BCUT2D eigenvalue weighted by Gasteiger charge is -2.05. The highest BCUT2D eigenvalue weighted by molar-refractivity contribution is 5.90. The quantitative estimate of drug-likeness (QED) is 0.356. The number of carbonyl (C=O) groups is 1. The van der Waals surface area contributed by atoms with Crippen LogP contribution in [-0.2, 0) is 4.79 Å². The van der Waals surface area contributed by atoms with Gasteiger partial charge in [-0.05, 0) is 44.5 Å². The molecule has 0 aliphatic rings. The monoisotopic (exact) mass is 255 g/mol. The van der Waals surface area contributed by atoms with E-state index < -0.39 is 0 Å². The Bertz CT molecular complexity index is 541. The van der Waals surface area contributed by atoms with Crippen LogP contribution in [0.4, 0.5) is 0 Å².